The molecule has 102 valence electrons. The molecule has 1 saturated heterocycles. The van der Waals surface area contributed by atoms with E-state index in [9.17, 15) is 0 Å². The minimum absolute atomic E-state index is 0.865. The first-order valence-corrected chi connectivity index (χ1v) is 7.57. The number of hydrogen-bond donors (Lipinski definition) is 1. The highest BCUT2D eigenvalue weighted by Crippen LogP contribution is 2.13. The fourth-order valence-corrected chi connectivity index (χ4v) is 2.41. The second kappa shape index (κ2) is 9.90. The van der Waals surface area contributed by atoms with Gasteiger partial charge in [-0.05, 0) is 44.2 Å². The number of rotatable bonds is 9. The Morgan fingerprint density at radius 3 is 2.47 bits per heavy atom. The van der Waals surface area contributed by atoms with Crippen LogP contribution in [0.5, 0.6) is 0 Å². The zero-order valence-electron chi connectivity index (χ0n) is 11.8. The summed E-state index contributed by atoms with van der Waals surface area (Å²) in [5, 5.41) is 3.60. The van der Waals surface area contributed by atoms with Gasteiger partial charge in [0.2, 0.25) is 0 Å². The van der Waals surface area contributed by atoms with E-state index >= 15 is 0 Å². The highest BCUT2D eigenvalue weighted by atomic mass is 16.5. The second-order valence-electron chi connectivity index (χ2n) is 5.86. The summed E-state index contributed by atoms with van der Waals surface area (Å²) in [6, 6.07) is 0. The average molecular weight is 241 g/mol. The summed E-state index contributed by atoms with van der Waals surface area (Å²) in [6.45, 7) is 8.99. The molecule has 0 spiro atoms. The summed E-state index contributed by atoms with van der Waals surface area (Å²) in [5.74, 6) is 1.74. The Labute approximate surface area is 108 Å². The monoisotopic (exact) mass is 241 g/mol. The lowest BCUT2D eigenvalue weighted by molar-refractivity contribution is 0.0663. The molecule has 1 fully saturated rings. The van der Waals surface area contributed by atoms with Crippen LogP contribution in [-0.4, -0.2) is 26.3 Å². The average Bonchev–Trinajstić information content (AvgIpc) is 2.33. The lowest BCUT2D eigenvalue weighted by Gasteiger charge is -2.22. The third-order valence-electron chi connectivity index (χ3n) is 3.66. The van der Waals surface area contributed by atoms with Crippen molar-refractivity contribution in [3.05, 3.63) is 0 Å². The maximum atomic E-state index is 5.36. The summed E-state index contributed by atoms with van der Waals surface area (Å²) in [7, 11) is 0. The van der Waals surface area contributed by atoms with Gasteiger partial charge in [0.15, 0.2) is 0 Å². The van der Waals surface area contributed by atoms with Gasteiger partial charge in [-0.2, -0.15) is 0 Å². The molecule has 0 aromatic heterocycles. The molecule has 1 aliphatic rings. The van der Waals surface area contributed by atoms with Crippen LogP contribution in [0.25, 0.3) is 0 Å². The van der Waals surface area contributed by atoms with Crippen LogP contribution in [-0.2, 0) is 4.74 Å². The fourth-order valence-electron chi connectivity index (χ4n) is 2.41. The lowest BCUT2D eigenvalue weighted by atomic mass is 10.0. The molecule has 0 aliphatic carbocycles. The van der Waals surface area contributed by atoms with Crippen LogP contribution in [0.3, 0.4) is 0 Å². The van der Waals surface area contributed by atoms with Crippen molar-refractivity contribution in [2.75, 3.05) is 26.3 Å². The molecule has 0 unspecified atom stereocenters. The van der Waals surface area contributed by atoms with E-state index in [2.05, 4.69) is 19.2 Å². The molecule has 0 amide bonds. The molecule has 1 rings (SSSR count). The molecule has 1 N–H and O–H groups in total. The van der Waals surface area contributed by atoms with E-state index in [1.54, 1.807) is 0 Å². The fraction of sp³-hybridized carbons (Fsp3) is 1.00. The standard InChI is InChI=1S/C15H31NO/c1-14(2)7-5-3-4-6-10-16-13-15-8-11-17-12-9-15/h14-16H,3-13H2,1-2H3. The van der Waals surface area contributed by atoms with E-state index in [0.717, 1.165) is 25.0 Å². The second-order valence-corrected chi connectivity index (χ2v) is 5.86. The van der Waals surface area contributed by atoms with Gasteiger partial charge in [-0.25, -0.2) is 0 Å². The van der Waals surface area contributed by atoms with Gasteiger partial charge in [-0.1, -0.05) is 39.5 Å². The van der Waals surface area contributed by atoms with Gasteiger partial charge in [0.25, 0.3) is 0 Å². The van der Waals surface area contributed by atoms with Crippen LogP contribution in [0.1, 0.15) is 58.8 Å². The van der Waals surface area contributed by atoms with E-state index in [4.69, 9.17) is 4.74 Å². The Morgan fingerprint density at radius 2 is 1.76 bits per heavy atom. The summed E-state index contributed by atoms with van der Waals surface area (Å²) in [6.07, 6.45) is 9.47. The molecule has 2 heteroatoms. The van der Waals surface area contributed by atoms with E-state index < -0.39 is 0 Å². The molecular formula is C15H31NO. The predicted molar refractivity (Wildman–Crippen MR) is 74.3 cm³/mol. The smallest absolute Gasteiger partial charge is 0.0469 e. The number of hydrogen-bond acceptors (Lipinski definition) is 2. The summed E-state index contributed by atoms with van der Waals surface area (Å²) >= 11 is 0. The van der Waals surface area contributed by atoms with Crippen LogP contribution < -0.4 is 5.32 Å². The Hall–Kier alpha value is -0.0800. The van der Waals surface area contributed by atoms with Crippen molar-refractivity contribution < 1.29 is 4.74 Å². The first-order valence-electron chi connectivity index (χ1n) is 7.57. The minimum atomic E-state index is 0.865. The van der Waals surface area contributed by atoms with Crippen LogP contribution in [0.2, 0.25) is 0 Å². The molecular weight excluding hydrogens is 210 g/mol. The molecule has 0 aromatic carbocycles. The van der Waals surface area contributed by atoms with Gasteiger partial charge < -0.3 is 10.1 Å². The first-order chi connectivity index (χ1) is 8.29. The van der Waals surface area contributed by atoms with Crippen molar-refractivity contribution in [3.63, 3.8) is 0 Å². The molecule has 0 atom stereocenters. The molecule has 0 aromatic rings. The summed E-state index contributed by atoms with van der Waals surface area (Å²) in [4.78, 5) is 0. The van der Waals surface area contributed by atoms with Gasteiger partial charge in [-0.3, -0.25) is 0 Å². The molecule has 0 radical (unpaired) electrons. The third kappa shape index (κ3) is 8.62. The molecule has 2 nitrogen and oxygen atoms in total. The maximum absolute atomic E-state index is 5.36. The SMILES string of the molecule is CC(C)CCCCCCNCC1CCOCC1. The molecule has 0 saturated carbocycles. The van der Waals surface area contributed by atoms with Crippen LogP contribution >= 0.6 is 0 Å². The molecule has 0 bridgehead atoms. The van der Waals surface area contributed by atoms with E-state index in [1.165, 1.54) is 58.0 Å². The highest BCUT2D eigenvalue weighted by molar-refractivity contribution is 4.65. The Bertz CT molecular complexity index is 164. The number of unbranched alkanes of at least 4 members (excludes halogenated alkanes) is 3. The van der Waals surface area contributed by atoms with Gasteiger partial charge in [0.05, 0.1) is 0 Å². The van der Waals surface area contributed by atoms with E-state index in [-0.39, 0.29) is 0 Å². The molecule has 17 heavy (non-hydrogen) atoms. The zero-order chi connectivity index (χ0) is 12.3. The minimum Gasteiger partial charge on any atom is -0.381 e. The van der Waals surface area contributed by atoms with Crippen molar-refractivity contribution in [2.45, 2.75) is 58.8 Å². The Kier molecular flexibility index (Phi) is 8.72. The third-order valence-corrected chi connectivity index (χ3v) is 3.66. The molecule has 1 heterocycles. The van der Waals surface area contributed by atoms with E-state index in [1.807, 2.05) is 0 Å². The normalized spacial score (nSPS) is 17.8. The molecule has 1 aliphatic heterocycles. The zero-order valence-corrected chi connectivity index (χ0v) is 11.8. The topological polar surface area (TPSA) is 21.3 Å². The van der Waals surface area contributed by atoms with Gasteiger partial charge in [-0.15, -0.1) is 0 Å². The Balaban J connectivity index is 1.78. The lowest BCUT2D eigenvalue weighted by Crippen LogP contribution is -2.28. The van der Waals surface area contributed by atoms with Gasteiger partial charge >= 0.3 is 0 Å². The van der Waals surface area contributed by atoms with Gasteiger partial charge in [0, 0.05) is 13.2 Å². The Morgan fingerprint density at radius 1 is 1.06 bits per heavy atom. The van der Waals surface area contributed by atoms with Crippen molar-refractivity contribution >= 4 is 0 Å². The summed E-state index contributed by atoms with van der Waals surface area (Å²) in [5.41, 5.74) is 0. The van der Waals surface area contributed by atoms with Gasteiger partial charge in [0.1, 0.15) is 0 Å². The quantitative estimate of drug-likeness (QED) is 0.623. The maximum Gasteiger partial charge on any atom is 0.0469 e. The highest BCUT2D eigenvalue weighted by Gasteiger charge is 2.12. The first kappa shape index (κ1) is 15.0. The number of ether oxygens (including phenoxy) is 1. The van der Waals surface area contributed by atoms with Crippen molar-refractivity contribution in [1.82, 2.24) is 5.32 Å². The van der Waals surface area contributed by atoms with Crippen LogP contribution in [0.15, 0.2) is 0 Å². The number of nitrogens with one attached hydrogen (secondary N) is 1. The van der Waals surface area contributed by atoms with E-state index in [0.29, 0.717) is 0 Å². The van der Waals surface area contributed by atoms with Crippen molar-refractivity contribution in [1.29, 1.82) is 0 Å². The van der Waals surface area contributed by atoms with Crippen LogP contribution in [0.4, 0.5) is 0 Å². The predicted octanol–water partition coefficient (Wildman–Crippen LogP) is 3.61. The van der Waals surface area contributed by atoms with Crippen molar-refractivity contribution in [3.8, 4) is 0 Å². The summed E-state index contributed by atoms with van der Waals surface area (Å²) < 4.78 is 5.36. The van der Waals surface area contributed by atoms with Crippen LogP contribution in [0, 0.1) is 11.8 Å². The largest absolute Gasteiger partial charge is 0.381 e. The van der Waals surface area contributed by atoms with Crippen molar-refractivity contribution in [2.24, 2.45) is 11.8 Å².